The van der Waals surface area contributed by atoms with Crippen LogP contribution in [0.2, 0.25) is 0 Å². The molecule has 3 N–H and O–H groups in total. The molecular weight excluding hydrogens is 346 g/mol. The van der Waals surface area contributed by atoms with Gasteiger partial charge in [0.05, 0.1) is 0 Å². The van der Waals surface area contributed by atoms with Gasteiger partial charge in [-0.1, -0.05) is 104 Å². The van der Waals surface area contributed by atoms with Gasteiger partial charge in [-0.25, -0.2) is 8.42 Å². The maximum atomic E-state index is 11.3. The Kier molecular flexibility index (Phi) is 14.8. The highest BCUT2D eigenvalue weighted by Gasteiger charge is 2.34. The predicted molar refractivity (Wildman–Crippen MR) is 110 cm³/mol. The van der Waals surface area contributed by atoms with E-state index in [2.05, 4.69) is 19.6 Å². The van der Waals surface area contributed by atoms with Crippen molar-refractivity contribution < 1.29 is 18.7 Å². The molecule has 0 fully saturated rings. The number of hydrogen-bond donors (Lipinski definition) is 1. The molecule has 0 spiro atoms. The van der Waals surface area contributed by atoms with Crippen LogP contribution in [-0.2, 0) is 10.1 Å². The molecule has 0 aliphatic carbocycles. The lowest BCUT2D eigenvalue weighted by Gasteiger charge is -2.27. The molecule has 0 aliphatic heterocycles. The topological polar surface area (TPSA) is 84.8 Å². The van der Waals surface area contributed by atoms with E-state index in [1.807, 2.05) is 0 Å². The second kappa shape index (κ2) is 14.9. The molecule has 1 atom stereocenters. The summed E-state index contributed by atoms with van der Waals surface area (Å²) in [5.74, 6) is 0.850. The minimum Gasteiger partial charge on any atom is -0.743 e. The van der Waals surface area contributed by atoms with Crippen molar-refractivity contribution in [2.45, 2.75) is 128 Å². The molecule has 1 unspecified atom stereocenters. The first-order chi connectivity index (χ1) is 12.2. The van der Waals surface area contributed by atoms with Gasteiger partial charge >= 0.3 is 0 Å². The molecule has 0 bridgehead atoms. The van der Waals surface area contributed by atoms with Crippen LogP contribution >= 0.6 is 0 Å². The average molecular weight is 392 g/mol. The summed E-state index contributed by atoms with van der Waals surface area (Å²) in [5, 5.41) is 0. The van der Waals surface area contributed by atoms with Crippen molar-refractivity contribution >= 4 is 10.1 Å². The summed E-state index contributed by atoms with van der Waals surface area (Å²) in [6.45, 7) is 6.33. The molecule has 0 aromatic rings. The van der Waals surface area contributed by atoms with E-state index in [4.69, 9.17) is 0 Å². The maximum Gasteiger partial charge on any atom is 0.184 e. The number of quaternary nitrogens is 1. The van der Waals surface area contributed by atoms with Gasteiger partial charge in [-0.15, -0.1) is 0 Å². The highest BCUT2D eigenvalue weighted by atomic mass is 32.2. The van der Waals surface area contributed by atoms with Gasteiger partial charge in [0, 0.05) is 12.8 Å². The van der Waals surface area contributed by atoms with Crippen LogP contribution in [0.4, 0.5) is 0 Å². The molecule has 0 saturated heterocycles. The molecule has 4 nitrogen and oxygen atoms in total. The highest BCUT2D eigenvalue weighted by Crippen LogP contribution is 2.21. The Morgan fingerprint density at radius 3 is 1.42 bits per heavy atom. The lowest BCUT2D eigenvalue weighted by molar-refractivity contribution is -0.446. The van der Waals surface area contributed by atoms with Crippen molar-refractivity contribution in [1.29, 1.82) is 0 Å². The highest BCUT2D eigenvalue weighted by molar-refractivity contribution is 7.86. The van der Waals surface area contributed by atoms with E-state index in [9.17, 15) is 13.0 Å². The summed E-state index contributed by atoms with van der Waals surface area (Å²) in [4.78, 5) is -1.32. The molecule has 0 heterocycles. The maximum absolute atomic E-state index is 11.3. The summed E-state index contributed by atoms with van der Waals surface area (Å²) >= 11 is 0. The number of unbranched alkanes of at least 4 members (excludes halogenated alkanes) is 12. The van der Waals surface area contributed by atoms with Gasteiger partial charge in [0.2, 0.25) is 0 Å². The molecule has 0 amide bonds. The van der Waals surface area contributed by atoms with Crippen molar-refractivity contribution in [2.24, 2.45) is 5.92 Å². The minimum atomic E-state index is -4.30. The first-order valence-corrected chi connectivity index (χ1v) is 12.4. The van der Waals surface area contributed by atoms with Crippen molar-refractivity contribution in [3.05, 3.63) is 0 Å². The van der Waals surface area contributed by atoms with E-state index in [0.29, 0.717) is 12.8 Å². The normalized spacial score (nSPS) is 14.7. The van der Waals surface area contributed by atoms with Gasteiger partial charge in [-0.05, 0) is 12.3 Å². The Labute approximate surface area is 163 Å². The van der Waals surface area contributed by atoms with Gasteiger partial charge in [0.15, 0.2) is 15.0 Å². The lowest BCUT2D eigenvalue weighted by Crippen LogP contribution is -2.75. The summed E-state index contributed by atoms with van der Waals surface area (Å²) in [7, 11) is -4.30. The average Bonchev–Trinajstić information content (AvgIpc) is 2.56. The standard InChI is InChI=1S/C21H45NO3S/c1-4-21(22,26(23,24)25)19-17-15-13-11-9-7-5-6-8-10-12-14-16-18-20(2)3/h20H,4-19,22H2,1-3H3,(H,23,24,25). The zero-order valence-electron chi connectivity index (χ0n) is 17.7. The van der Waals surface area contributed by atoms with Crippen LogP contribution in [0.15, 0.2) is 0 Å². The first kappa shape index (κ1) is 25.9. The van der Waals surface area contributed by atoms with Crippen LogP contribution in [0.3, 0.4) is 0 Å². The SMILES string of the molecule is CCC([NH3+])(CCCCCCCCCCCCCCCC(C)C)S(=O)(=O)[O-]. The third-order valence-corrected chi connectivity index (χ3v) is 7.14. The molecular formula is C21H45NO3S. The molecule has 26 heavy (non-hydrogen) atoms. The quantitative estimate of drug-likeness (QED) is 0.251. The van der Waals surface area contributed by atoms with E-state index >= 15 is 0 Å². The first-order valence-electron chi connectivity index (χ1n) is 11.0. The third-order valence-electron chi connectivity index (χ3n) is 5.59. The van der Waals surface area contributed by atoms with E-state index in [1.54, 1.807) is 6.92 Å². The van der Waals surface area contributed by atoms with E-state index in [-0.39, 0.29) is 0 Å². The molecule has 0 aliphatic rings. The van der Waals surface area contributed by atoms with Gasteiger partial charge in [-0.2, -0.15) is 0 Å². The van der Waals surface area contributed by atoms with Gasteiger partial charge in [-0.3, -0.25) is 0 Å². The number of hydrogen-bond acceptors (Lipinski definition) is 3. The Hall–Kier alpha value is -0.130. The smallest absolute Gasteiger partial charge is 0.184 e. The largest absolute Gasteiger partial charge is 0.743 e. The monoisotopic (exact) mass is 391 g/mol. The fourth-order valence-corrected chi connectivity index (χ4v) is 4.17. The summed E-state index contributed by atoms with van der Waals surface area (Å²) in [5.41, 5.74) is 3.67. The van der Waals surface area contributed by atoms with Gasteiger partial charge in [0.25, 0.3) is 0 Å². The van der Waals surface area contributed by atoms with Crippen molar-refractivity contribution in [3.8, 4) is 0 Å². The molecule has 0 saturated carbocycles. The van der Waals surface area contributed by atoms with Crippen molar-refractivity contribution in [2.75, 3.05) is 0 Å². The van der Waals surface area contributed by atoms with E-state index < -0.39 is 15.0 Å². The Morgan fingerprint density at radius 2 is 1.12 bits per heavy atom. The van der Waals surface area contributed by atoms with Crippen LogP contribution in [0.5, 0.6) is 0 Å². The molecule has 0 rings (SSSR count). The fourth-order valence-electron chi connectivity index (χ4n) is 3.42. The van der Waals surface area contributed by atoms with E-state index in [0.717, 1.165) is 25.2 Å². The van der Waals surface area contributed by atoms with Gasteiger partial charge in [0.1, 0.15) is 0 Å². The lowest BCUT2D eigenvalue weighted by atomic mass is 10.0. The van der Waals surface area contributed by atoms with E-state index in [1.165, 1.54) is 70.6 Å². The Bertz CT molecular complexity index is 423. The molecule has 0 aromatic carbocycles. The predicted octanol–water partition coefficient (Wildman–Crippen LogP) is 5.39. The zero-order chi connectivity index (χ0) is 19.9. The van der Waals surface area contributed by atoms with Crippen molar-refractivity contribution in [1.82, 2.24) is 0 Å². The van der Waals surface area contributed by atoms with Crippen LogP contribution in [0, 0.1) is 5.92 Å². The molecule has 0 aromatic heterocycles. The van der Waals surface area contributed by atoms with Crippen LogP contribution in [0.25, 0.3) is 0 Å². The Balaban J connectivity index is 3.37. The van der Waals surface area contributed by atoms with Crippen LogP contribution in [-0.4, -0.2) is 17.8 Å². The summed E-state index contributed by atoms with van der Waals surface area (Å²) < 4.78 is 33.8. The molecule has 158 valence electrons. The second-order valence-corrected chi connectivity index (χ2v) is 10.3. The second-order valence-electron chi connectivity index (χ2n) is 8.52. The fraction of sp³-hybridized carbons (Fsp3) is 1.00. The third kappa shape index (κ3) is 13.1. The molecule has 0 radical (unpaired) electrons. The number of rotatable bonds is 18. The minimum absolute atomic E-state index is 0.302. The van der Waals surface area contributed by atoms with Gasteiger partial charge < -0.3 is 10.3 Å². The summed E-state index contributed by atoms with van der Waals surface area (Å²) in [6, 6.07) is 0. The van der Waals surface area contributed by atoms with Crippen molar-refractivity contribution in [3.63, 3.8) is 0 Å². The zero-order valence-corrected chi connectivity index (χ0v) is 18.5. The summed E-state index contributed by atoms with van der Waals surface area (Å²) in [6.07, 6.45) is 18.5. The Morgan fingerprint density at radius 1 is 0.769 bits per heavy atom. The van der Waals surface area contributed by atoms with Crippen LogP contribution < -0.4 is 5.73 Å². The molecule has 5 heteroatoms. The van der Waals surface area contributed by atoms with Crippen LogP contribution in [0.1, 0.15) is 124 Å².